The van der Waals surface area contributed by atoms with Crippen molar-refractivity contribution in [2.45, 2.75) is 6.92 Å². The molecule has 0 saturated carbocycles. The Hall–Kier alpha value is -3.38. The zero-order valence-electron chi connectivity index (χ0n) is 14.9. The van der Waals surface area contributed by atoms with Crippen LogP contribution in [-0.4, -0.2) is 20.3 Å². The summed E-state index contributed by atoms with van der Waals surface area (Å²) in [4.78, 5) is 13.1. The molecule has 7 heteroatoms. The largest absolute Gasteiger partial charge is 0.322 e. The smallest absolute Gasteiger partial charge is 0.261 e. The molecular weight excluding hydrogens is 379 g/mol. The topological polar surface area (TPSA) is 51.9 Å². The van der Waals surface area contributed by atoms with Crippen LogP contribution < -0.4 is 5.32 Å². The molecule has 4 rings (SSSR count). The molecule has 28 heavy (non-hydrogen) atoms. The highest BCUT2D eigenvalue weighted by Crippen LogP contribution is 2.25. The lowest BCUT2D eigenvalue weighted by Gasteiger charge is -2.11. The summed E-state index contributed by atoms with van der Waals surface area (Å²) in [5, 5.41) is 7.93. The molecule has 0 saturated heterocycles. The number of halogens is 2. The second-order valence-electron chi connectivity index (χ2n) is 6.23. The van der Waals surface area contributed by atoms with Gasteiger partial charge in [-0.3, -0.25) is 4.79 Å². The van der Waals surface area contributed by atoms with Gasteiger partial charge >= 0.3 is 0 Å². The molecule has 0 fully saturated rings. The van der Waals surface area contributed by atoms with Crippen molar-refractivity contribution in [2.24, 2.45) is 0 Å². The minimum absolute atomic E-state index is 0.308. The maximum Gasteiger partial charge on any atom is 0.261 e. The number of carbonyl (C=O) groups is 1. The highest BCUT2D eigenvalue weighted by molar-refractivity contribution is 6.31. The SMILES string of the molecule is Cc1nn(-c2ccc(F)cc2)c(-n2cccc2)c1C(=O)Nc1cccc(Cl)c1. The number of carbonyl (C=O) groups excluding carboxylic acids is 1. The Morgan fingerprint density at radius 1 is 1.07 bits per heavy atom. The van der Waals surface area contributed by atoms with Gasteiger partial charge < -0.3 is 9.88 Å². The minimum atomic E-state index is -0.339. The quantitative estimate of drug-likeness (QED) is 0.528. The van der Waals surface area contributed by atoms with Gasteiger partial charge in [0, 0.05) is 23.1 Å². The first-order valence-electron chi connectivity index (χ1n) is 8.59. The maximum absolute atomic E-state index is 13.4. The third kappa shape index (κ3) is 3.42. The fraction of sp³-hybridized carbons (Fsp3) is 0.0476. The van der Waals surface area contributed by atoms with Crippen LogP contribution in [0, 0.1) is 12.7 Å². The van der Waals surface area contributed by atoms with Crippen molar-refractivity contribution in [1.82, 2.24) is 14.3 Å². The molecule has 1 N–H and O–H groups in total. The zero-order valence-corrected chi connectivity index (χ0v) is 15.7. The van der Waals surface area contributed by atoms with E-state index in [2.05, 4.69) is 10.4 Å². The number of amides is 1. The summed E-state index contributed by atoms with van der Waals surface area (Å²) in [5.41, 5.74) is 2.20. The van der Waals surface area contributed by atoms with Crippen LogP contribution in [-0.2, 0) is 0 Å². The molecule has 0 aliphatic heterocycles. The Kier molecular flexibility index (Phi) is 4.71. The number of anilines is 1. The van der Waals surface area contributed by atoms with Crippen LogP contribution in [0.25, 0.3) is 11.5 Å². The second-order valence-corrected chi connectivity index (χ2v) is 6.66. The van der Waals surface area contributed by atoms with E-state index in [-0.39, 0.29) is 11.7 Å². The van der Waals surface area contributed by atoms with Crippen LogP contribution in [0.4, 0.5) is 10.1 Å². The summed E-state index contributed by atoms with van der Waals surface area (Å²) in [6.45, 7) is 1.76. The normalized spacial score (nSPS) is 10.8. The molecule has 0 atom stereocenters. The van der Waals surface area contributed by atoms with Crippen molar-refractivity contribution >= 4 is 23.2 Å². The Bertz CT molecular complexity index is 1130. The zero-order chi connectivity index (χ0) is 19.7. The summed E-state index contributed by atoms with van der Waals surface area (Å²) in [5.74, 6) is -0.0838. The molecule has 4 aromatic rings. The van der Waals surface area contributed by atoms with Crippen LogP contribution in [0.1, 0.15) is 16.1 Å². The molecule has 0 aliphatic carbocycles. The van der Waals surface area contributed by atoms with Crippen molar-refractivity contribution in [1.29, 1.82) is 0 Å². The molecule has 0 aliphatic rings. The van der Waals surface area contributed by atoms with Gasteiger partial charge in [-0.1, -0.05) is 17.7 Å². The first-order valence-corrected chi connectivity index (χ1v) is 8.96. The highest BCUT2D eigenvalue weighted by Gasteiger charge is 2.24. The van der Waals surface area contributed by atoms with E-state index in [4.69, 9.17) is 11.6 Å². The fourth-order valence-electron chi connectivity index (χ4n) is 3.02. The summed E-state index contributed by atoms with van der Waals surface area (Å²) in [6.07, 6.45) is 3.65. The number of hydrogen-bond acceptors (Lipinski definition) is 2. The maximum atomic E-state index is 13.4. The van der Waals surface area contributed by atoms with Crippen LogP contribution in [0.15, 0.2) is 73.1 Å². The lowest BCUT2D eigenvalue weighted by atomic mass is 10.2. The van der Waals surface area contributed by atoms with Gasteiger partial charge in [-0.15, -0.1) is 0 Å². The van der Waals surface area contributed by atoms with Gasteiger partial charge in [0.2, 0.25) is 0 Å². The van der Waals surface area contributed by atoms with Gasteiger partial charge in [0.25, 0.3) is 5.91 Å². The predicted molar refractivity (Wildman–Crippen MR) is 107 cm³/mol. The van der Waals surface area contributed by atoms with E-state index in [9.17, 15) is 9.18 Å². The Morgan fingerprint density at radius 3 is 2.46 bits per heavy atom. The van der Waals surface area contributed by atoms with Gasteiger partial charge in [-0.05, 0) is 61.5 Å². The summed E-state index contributed by atoms with van der Waals surface area (Å²) >= 11 is 6.01. The van der Waals surface area contributed by atoms with E-state index in [1.807, 2.05) is 24.5 Å². The molecule has 0 unspecified atom stereocenters. The lowest BCUT2D eigenvalue weighted by Crippen LogP contribution is -2.16. The second kappa shape index (κ2) is 7.32. The molecule has 0 spiro atoms. The molecule has 5 nitrogen and oxygen atoms in total. The van der Waals surface area contributed by atoms with Crippen LogP contribution in [0.5, 0.6) is 0 Å². The van der Waals surface area contributed by atoms with E-state index in [0.717, 1.165) is 0 Å². The number of aryl methyl sites for hydroxylation is 1. The average molecular weight is 395 g/mol. The van der Waals surface area contributed by atoms with E-state index in [1.165, 1.54) is 12.1 Å². The van der Waals surface area contributed by atoms with E-state index in [0.29, 0.717) is 33.5 Å². The summed E-state index contributed by atoms with van der Waals surface area (Å²) < 4.78 is 16.8. The molecule has 0 radical (unpaired) electrons. The Morgan fingerprint density at radius 2 is 1.79 bits per heavy atom. The number of benzene rings is 2. The third-order valence-electron chi connectivity index (χ3n) is 4.27. The van der Waals surface area contributed by atoms with E-state index >= 15 is 0 Å². The summed E-state index contributed by atoms with van der Waals surface area (Å²) in [6, 6.07) is 16.6. The highest BCUT2D eigenvalue weighted by atomic mass is 35.5. The molecule has 2 heterocycles. The molecule has 0 bridgehead atoms. The standard InChI is InChI=1S/C21H16ClFN4O/c1-14-19(20(28)24-17-6-4-5-15(22)13-17)21(26-11-2-3-12-26)27(25-14)18-9-7-16(23)8-10-18/h2-13H,1H3,(H,24,28). The molecule has 2 aromatic carbocycles. The predicted octanol–water partition coefficient (Wildman–Crippen LogP) is 5.02. The molecule has 140 valence electrons. The number of aromatic nitrogens is 3. The Balaban J connectivity index is 1.83. The fourth-order valence-corrected chi connectivity index (χ4v) is 3.21. The summed E-state index contributed by atoms with van der Waals surface area (Å²) in [7, 11) is 0. The Labute approximate surface area is 166 Å². The number of hydrogen-bond donors (Lipinski definition) is 1. The third-order valence-corrected chi connectivity index (χ3v) is 4.50. The van der Waals surface area contributed by atoms with Crippen molar-refractivity contribution in [2.75, 3.05) is 5.32 Å². The van der Waals surface area contributed by atoms with Crippen molar-refractivity contribution in [3.63, 3.8) is 0 Å². The average Bonchev–Trinajstić information content (AvgIpc) is 3.30. The van der Waals surface area contributed by atoms with Gasteiger partial charge in [-0.25, -0.2) is 9.07 Å². The lowest BCUT2D eigenvalue weighted by molar-refractivity contribution is 0.102. The van der Waals surface area contributed by atoms with Gasteiger partial charge in [0.05, 0.1) is 11.4 Å². The van der Waals surface area contributed by atoms with Crippen LogP contribution in [0.2, 0.25) is 5.02 Å². The van der Waals surface area contributed by atoms with E-state index < -0.39 is 0 Å². The monoisotopic (exact) mass is 394 g/mol. The van der Waals surface area contributed by atoms with Crippen LogP contribution >= 0.6 is 11.6 Å². The van der Waals surface area contributed by atoms with Gasteiger partial charge in [0.15, 0.2) is 5.82 Å². The van der Waals surface area contributed by atoms with E-state index in [1.54, 1.807) is 52.6 Å². The van der Waals surface area contributed by atoms with Crippen molar-refractivity contribution < 1.29 is 9.18 Å². The first kappa shape index (κ1) is 18.0. The van der Waals surface area contributed by atoms with Crippen LogP contribution in [0.3, 0.4) is 0 Å². The van der Waals surface area contributed by atoms with Gasteiger partial charge in [-0.2, -0.15) is 5.10 Å². The van der Waals surface area contributed by atoms with Gasteiger partial charge in [0.1, 0.15) is 11.4 Å². The molecule has 2 aromatic heterocycles. The number of nitrogens with zero attached hydrogens (tertiary/aromatic N) is 3. The first-order chi connectivity index (χ1) is 13.5. The molecule has 1 amide bonds. The van der Waals surface area contributed by atoms with Crippen molar-refractivity contribution in [3.05, 3.63) is 95.2 Å². The number of nitrogens with one attached hydrogen (secondary N) is 1. The number of rotatable bonds is 4. The minimum Gasteiger partial charge on any atom is -0.322 e. The molecular formula is C21H16ClFN4O. The van der Waals surface area contributed by atoms with Crippen molar-refractivity contribution in [3.8, 4) is 11.5 Å².